The number of rotatable bonds is 9. The van der Waals surface area contributed by atoms with Gasteiger partial charge in [0.2, 0.25) is 0 Å². The molecule has 0 aromatic heterocycles. The maximum atomic E-state index is 12.8. The number of anilines is 1. The maximum absolute atomic E-state index is 12.8. The number of nitrogens with one attached hydrogen (secondary N) is 2. The van der Waals surface area contributed by atoms with Crippen LogP contribution < -0.4 is 15.4 Å². The van der Waals surface area contributed by atoms with Gasteiger partial charge >= 0.3 is 0 Å². The fourth-order valence-electron chi connectivity index (χ4n) is 2.92. The van der Waals surface area contributed by atoms with Crippen LogP contribution >= 0.6 is 0 Å². The fourth-order valence-corrected chi connectivity index (χ4v) is 2.92. The number of amides is 2. The fraction of sp³-hybridized carbons (Fsp3) is 0.200. The molecule has 0 bridgehead atoms. The Bertz CT molecular complexity index is 986. The van der Waals surface area contributed by atoms with Gasteiger partial charge in [0.1, 0.15) is 5.75 Å². The quantitative estimate of drug-likeness (QED) is 0.492. The first-order chi connectivity index (χ1) is 14.7. The van der Waals surface area contributed by atoms with Crippen LogP contribution in [-0.4, -0.2) is 18.4 Å². The molecule has 0 atom stereocenters. The highest BCUT2D eigenvalue weighted by atomic mass is 16.5. The van der Waals surface area contributed by atoms with Gasteiger partial charge in [0.15, 0.2) is 0 Å². The molecular formula is C25H26N2O3. The molecule has 3 rings (SSSR count). The predicted molar refractivity (Wildman–Crippen MR) is 119 cm³/mol. The molecule has 0 unspecified atom stereocenters. The van der Waals surface area contributed by atoms with E-state index < -0.39 is 0 Å². The van der Waals surface area contributed by atoms with E-state index in [0.717, 1.165) is 18.4 Å². The van der Waals surface area contributed by atoms with Crippen LogP contribution in [-0.2, 0) is 6.54 Å². The first-order valence-corrected chi connectivity index (χ1v) is 10.1. The second-order valence-corrected chi connectivity index (χ2v) is 6.90. The van der Waals surface area contributed by atoms with Crippen molar-refractivity contribution in [2.24, 2.45) is 0 Å². The minimum absolute atomic E-state index is 0.244. The van der Waals surface area contributed by atoms with Crippen LogP contribution in [0.15, 0.2) is 78.9 Å². The van der Waals surface area contributed by atoms with E-state index in [9.17, 15) is 9.59 Å². The van der Waals surface area contributed by atoms with E-state index in [1.807, 2.05) is 36.4 Å². The number of hydrogen-bond donors (Lipinski definition) is 2. The molecular weight excluding hydrogens is 376 g/mol. The summed E-state index contributed by atoms with van der Waals surface area (Å²) in [4.78, 5) is 25.4. The van der Waals surface area contributed by atoms with E-state index in [0.29, 0.717) is 35.7 Å². The van der Waals surface area contributed by atoms with Crippen molar-refractivity contribution < 1.29 is 14.3 Å². The molecule has 0 fully saturated rings. The summed E-state index contributed by atoms with van der Waals surface area (Å²) in [5.74, 6) is 0.121. The number of benzene rings is 3. The van der Waals surface area contributed by atoms with Gasteiger partial charge in [-0.25, -0.2) is 0 Å². The maximum Gasteiger partial charge on any atom is 0.255 e. The van der Waals surface area contributed by atoms with E-state index in [4.69, 9.17) is 4.74 Å². The number of carbonyl (C=O) groups excluding carboxylic acids is 2. The zero-order valence-corrected chi connectivity index (χ0v) is 17.1. The molecule has 154 valence electrons. The Morgan fingerprint density at radius 1 is 0.867 bits per heavy atom. The number of para-hydroxylation sites is 1. The smallest absolute Gasteiger partial charge is 0.255 e. The largest absolute Gasteiger partial charge is 0.494 e. The average molecular weight is 402 g/mol. The van der Waals surface area contributed by atoms with Gasteiger partial charge < -0.3 is 15.4 Å². The summed E-state index contributed by atoms with van der Waals surface area (Å²) in [6.45, 7) is 3.13. The average Bonchev–Trinajstić information content (AvgIpc) is 2.79. The molecule has 30 heavy (non-hydrogen) atoms. The minimum atomic E-state index is -0.292. The van der Waals surface area contributed by atoms with Crippen molar-refractivity contribution in [2.45, 2.75) is 26.3 Å². The second kappa shape index (κ2) is 10.8. The number of hydrogen-bond acceptors (Lipinski definition) is 3. The van der Waals surface area contributed by atoms with Crippen molar-refractivity contribution >= 4 is 17.5 Å². The number of carbonyl (C=O) groups is 2. The van der Waals surface area contributed by atoms with Gasteiger partial charge in [0.25, 0.3) is 11.8 Å². The van der Waals surface area contributed by atoms with Gasteiger partial charge in [0, 0.05) is 12.1 Å². The van der Waals surface area contributed by atoms with E-state index >= 15 is 0 Å². The molecule has 0 heterocycles. The monoisotopic (exact) mass is 402 g/mol. The summed E-state index contributed by atoms with van der Waals surface area (Å²) in [7, 11) is 0. The molecule has 0 spiro atoms. The van der Waals surface area contributed by atoms with Crippen molar-refractivity contribution in [3.8, 4) is 5.75 Å². The molecule has 0 saturated carbocycles. The minimum Gasteiger partial charge on any atom is -0.494 e. The van der Waals surface area contributed by atoms with Crippen molar-refractivity contribution in [1.82, 2.24) is 5.32 Å². The highest BCUT2D eigenvalue weighted by Crippen LogP contribution is 2.19. The Balaban J connectivity index is 1.67. The highest BCUT2D eigenvalue weighted by Gasteiger charge is 2.14. The standard InChI is InChI=1S/C25H26N2O3/c1-2-3-16-30-21-13-9-12-20(17-21)24(28)27-23-15-8-7-14-22(23)25(29)26-18-19-10-5-4-6-11-19/h4-15,17H,2-3,16,18H2,1H3,(H,26,29)(H,27,28). The predicted octanol–water partition coefficient (Wildman–Crippen LogP) is 5.05. The Morgan fingerprint density at radius 3 is 2.43 bits per heavy atom. The van der Waals surface area contributed by atoms with Crippen molar-refractivity contribution in [3.63, 3.8) is 0 Å². The third kappa shape index (κ3) is 5.95. The van der Waals surface area contributed by atoms with Crippen molar-refractivity contribution in [2.75, 3.05) is 11.9 Å². The Hall–Kier alpha value is -3.60. The van der Waals surface area contributed by atoms with E-state index in [-0.39, 0.29) is 11.8 Å². The Labute approximate surface area is 177 Å². The van der Waals surface area contributed by atoms with Crippen molar-refractivity contribution in [3.05, 3.63) is 95.6 Å². The molecule has 0 aliphatic heterocycles. The van der Waals surface area contributed by atoms with Crippen LogP contribution in [0.2, 0.25) is 0 Å². The summed E-state index contributed by atoms with van der Waals surface area (Å²) >= 11 is 0. The van der Waals surface area contributed by atoms with Gasteiger partial charge in [0.05, 0.1) is 17.9 Å². The highest BCUT2D eigenvalue weighted by molar-refractivity contribution is 6.09. The summed E-state index contributed by atoms with van der Waals surface area (Å²) in [5.41, 5.74) is 2.36. The lowest BCUT2D eigenvalue weighted by molar-refractivity contribution is 0.0952. The number of ether oxygens (including phenoxy) is 1. The van der Waals surface area contributed by atoms with E-state index in [1.165, 1.54) is 0 Å². The topological polar surface area (TPSA) is 67.4 Å². The van der Waals surface area contributed by atoms with Crippen LogP contribution in [0.4, 0.5) is 5.69 Å². The van der Waals surface area contributed by atoms with E-state index in [2.05, 4.69) is 17.6 Å². The Morgan fingerprint density at radius 2 is 1.63 bits per heavy atom. The second-order valence-electron chi connectivity index (χ2n) is 6.90. The molecule has 3 aromatic carbocycles. The normalized spacial score (nSPS) is 10.3. The molecule has 0 radical (unpaired) electrons. The van der Waals surface area contributed by atoms with Gasteiger partial charge in [-0.1, -0.05) is 61.9 Å². The molecule has 0 aliphatic rings. The number of unbranched alkanes of at least 4 members (excludes halogenated alkanes) is 1. The first kappa shape index (κ1) is 21.1. The molecule has 0 aliphatic carbocycles. The molecule has 3 aromatic rings. The van der Waals surface area contributed by atoms with Crippen LogP contribution in [0, 0.1) is 0 Å². The first-order valence-electron chi connectivity index (χ1n) is 10.1. The van der Waals surface area contributed by atoms with Gasteiger partial charge in [-0.3, -0.25) is 9.59 Å². The zero-order valence-electron chi connectivity index (χ0n) is 17.1. The lowest BCUT2D eigenvalue weighted by Crippen LogP contribution is -2.24. The summed E-state index contributed by atoms with van der Waals surface area (Å²) < 4.78 is 5.68. The van der Waals surface area contributed by atoms with Gasteiger partial charge in [-0.05, 0) is 42.3 Å². The Kier molecular flexibility index (Phi) is 7.61. The molecule has 0 saturated heterocycles. The van der Waals surface area contributed by atoms with Crippen LogP contribution in [0.1, 0.15) is 46.0 Å². The van der Waals surface area contributed by atoms with E-state index in [1.54, 1.807) is 42.5 Å². The van der Waals surface area contributed by atoms with Gasteiger partial charge in [-0.2, -0.15) is 0 Å². The molecule has 2 N–H and O–H groups in total. The van der Waals surface area contributed by atoms with Gasteiger partial charge in [-0.15, -0.1) is 0 Å². The third-order valence-electron chi connectivity index (χ3n) is 4.58. The molecule has 5 nitrogen and oxygen atoms in total. The summed E-state index contributed by atoms with van der Waals surface area (Å²) in [6, 6.07) is 23.7. The molecule has 2 amide bonds. The summed E-state index contributed by atoms with van der Waals surface area (Å²) in [5, 5.41) is 5.74. The van der Waals surface area contributed by atoms with Crippen LogP contribution in [0.3, 0.4) is 0 Å². The SMILES string of the molecule is CCCCOc1cccc(C(=O)Nc2ccccc2C(=O)NCc2ccccc2)c1. The van der Waals surface area contributed by atoms with Crippen LogP contribution in [0.25, 0.3) is 0 Å². The molecule has 5 heteroatoms. The lowest BCUT2D eigenvalue weighted by Gasteiger charge is -2.12. The zero-order chi connectivity index (χ0) is 21.2. The summed E-state index contributed by atoms with van der Waals surface area (Å²) in [6.07, 6.45) is 2.01. The lowest BCUT2D eigenvalue weighted by atomic mass is 10.1. The third-order valence-corrected chi connectivity index (χ3v) is 4.58. The van der Waals surface area contributed by atoms with Crippen molar-refractivity contribution in [1.29, 1.82) is 0 Å². The van der Waals surface area contributed by atoms with Crippen LogP contribution in [0.5, 0.6) is 5.75 Å².